The van der Waals surface area contributed by atoms with Crippen molar-refractivity contribution >= 4 is 23.2 Å². The number of rotatable bonds is 14. The van der Waals surface area contributed by atoms with Crippen molar-refractivity contribution in [1.29, 1.82) is 0 Å². The highest BCUT2D eigenvalue weighted by Crippen LogP contribution is 2.27. The molecule has 2 aromatic carbocycles. The second-order valence-corrected chi connectivity index (χ2v) is 9.30. The molecule has 0 heterocycles. The second kappa shape index (κ2) is 13.1. The highest BCUT2D eigenvalue weighted by atomic mass is 16.5. The van der Waals surface area contributed by atoms with Gasteiger partial charge in [0.15, 0.2) is 0 Å². The summed E-state index contributed by atoms with van der Waals surface area (Å²) in [5, 5.41) is 5.98. The molecular weight excluding hydrogens is 426 g/mol. The van der Waals surface area contributed by atoms with Crippen LogP contribution in [0.2, 0.25) is 0 Å². The van der Waals surface area contributed by atoms with Crippen LogP contribution < -0.4 is 15.4 Å². The Morgan fingerprint density at radius 3 is 2.44 bits per heavy atom. The fraction of sp³-hybridized carbons (Fsp3) is 0.500. The van der Waals surface area contributed by atoms with E-state index in [0.29, 0.717) is 25.6 Å². The molecule has 3 rings (SSSR count). The number of ether oxygens (including phenoxy) is 1. The molecular formula is C28H39N3O3. The lowest BCUT2D eigenvalue weighted by atomic mass is 10.1. The van der Waals surface area contributed by atoms with Crippen LogP contribution in [0.1, 0.15) is 63.0 Å². The van der Waals surface area contributed by atoms with Crippen molar-refractivity contribution in [2.75, 3.05) is 30.3 Å². The Labute approximate surface area is 204 Å². The summed E-state index contributed by atoms with van der Waals surface area (Å²) in [7, 11) is 0. The first-order chi connectivity index (χ1) is 16.4. The van der Waals surface area contributed by atoms with Gasteiger partial charge in [-0.3, -0.25) is 14.5 Å². The molecule has 0 saturated heterocycles. The third kappa shape index (κ3) is 8.82. The molecule has 1 aliphatic carbocycles. The third-order valence-corrected chi connectivity index (χ3v) is 6.11. The normalized spacial score (nSPS) is 13.1. The van der Waals surface area contributed by atoms with Crippen molar-refractivity contribution in [3.63, 3.8) is 0 Å². The molecule has 2 aromatic rings. The number of carbonyl (C=O) groups excluding carboxylic acids is 2. The molecule has 1 saturated carbocycles. The van der Waals surface area contributed by atoms with Gasteiger partial charge >= 0.3 is 0 Å². The fourth-order valence-electron chi connectivity index (χ4n) is 3.90. The first-order valence-corrected chi connectivity index (χ1v) is 12.6. The van der Waals surface area contributed by atoms with Crippen LogP contribution in [-0.4, -0.2) is 42.5 Å². The summed E-state index contributed by atoms with van der Waals surface area (Å²) >= 11 is 0. The summed E-state index contributed by atoms with van der Waals surface area (Å²) in [6, 6.07) is 14.0. The predicted molar refractivity (Wildman–Crippen MR) is 138 cm³/mol. The van der Waals surface area contributed by atoms with Crippen molar-refractivity contribution in [1.82, 2.24) is 4.90 Å². The van der Waals surface area contributed by atoms with Gasteiger partial charge in [0.1, 0.15) is 5.75 Å². The minimum atomic E-state index is -0.0474. The van der Waals surface area contributed by atoms with E-state index in [1.807, 2.05) is 56.3 Å². The van der Waals surface area contributed by atoms with Gasteiger partial charge in [-0.05, 0) is 74.6 Å². The Bertz CT molecular complexity index is 938. The molecule has 1 fully saturated rings. The molecule has 184 valence electrons. The van der Waals surface area contributed by atoms with Gasteiger partial charge in [0.2, 0.25) is 11.8 Å². The molecule has 0 radical (unpaired) electrons. The van der Waals surface area contributed by atoms with E-state index >= 15 is 0 Å². The Morgan fingerprint density at radius 2 is 1.74 bits per heavy atom. The van der Waals surface area contributed by atoms with Gasteiger partial charge in [0.25, 0.3) is 0 Å². The first-order valence-electron chi connectivity index (χ1n) is 12.6. The number of carbonyl (C=O) groups is 2. The molecule has 0 atom stereocenters. The van der Waals surface area contributed by atoms with Crippen LogP contribution in [0.15, 0.2) is 42.5 Å². The highest BCUT2D eigenvalue weighted by molar-refractivity contribution is 5.93. The zero-order valence-corrected chi connectivity index (χ0v) is 20.9. The first kappa shape index (κ1) is 25.8. The number of hydrogen-bond donors (Lipinski definition) is 2. The van der Waals surface area contributed by atoms with Crippen molar-refractivity contribution in [2.45, 2.75) is 71.8 Å². The lowest BCUT2D eigenvalue weighted by Crippen LogP contribution is -2.37. The van der Waals surface area contributed by atoms with Crippen LogP contribution >= 0.6 is 0 Å². The quantitative estimate of drug-likeness (QED) is 0.351. The third-order valence-electron chi connectivity index (χ3n) is 6.11. The molecule has 1 aliphatic rings. The number of anilines is 2. The van der Waals surface area contributed by atoms with Crippen LogP contribution in [0.3, 0.4) is 0 Å². The van der Waals surface area contributed by atoms with Gasteiger partial charge in [-0.1, -0.05) is 38.3 Å². The molecule has 0 aromatic heterocycles. The van der Waals surface area contributed by atoms with Crippen LogP contribution in [0.4, 0.5) is 11.4 Å². The van der Waals surface area contributed by atoms with Gasteiger partial charge in [-0.15, -0.1) is 0 Å². The monoisotopic (exact) mass is 465 g/mol. The summed E-state index contributed by atoms with van der Waals surface area (Å²) < 4.78 is 5.76. The number of benzene rings is 2. The molecule has 6 heteroatoms. The van der Waals surface area contributed by atoms with Crippen LogP contribution in [0, 0.1) is 13.8 Å². The van der Waals surface area contributed by atoms with Crippen molar-refractivity contribution in [3.05, 3.63) is 53.6 Å². The average Bonchev–Trinajstić information content (AvgIpc) is 3.65. The van der Waals surface area contributed by atoms with E-state index in [1.165, 1.54) is 19.3 Å². The van der Waals surface area contributed by atoms with E-state index in [-0.39, 0.29) is 11.8 Å². The average molecular weight is 466 g/mol. The minimum absolute atomic E-state index is 0.0358. The van der Waals surface area contributed by atoms with Crippen molar-refractivity contribution in [3.8, 4) is 5.75 Å². The van der Waals surface area contributed by atoms with E-state index in [1.54, 1.807) is 0 Å². The minimum Gasteiger partial charge on any atom is -0.494 e. The van der Waals surface area contributed by atoms with Crippen molar-refractivity contribution < 1.29 is 14.3 Å². The van der Waals surface area contributed by atoms with Crippen LogP contribution in [0.25, 0.3) is 0 Å². The number of nitrogens with zero attached hydrogens (tertiary/aromatic N) is 1. The van der Waals surface area contributed by atoms with E-state index < -0.39 is 0 Å². The maximum Gasteiger partial charge on any atom is 0.238 e. The number of aryl methyl sites for hydroxylation is 2. The largest absolute Gasteiger partial charge is 0.494 e. The molecule has 0 aliphatic heterocycles. The summed E-state index contributed by atoms with van der Waals surface area (Å²) in [5.41, 5.74) is 3.77. The molecule has 34 heavy (non-hydrogen) atoms. The van der Waals surface area contributed by atoms with Gasteiger partial charge < -0.3 is 15.4 Å². The Kier molecular flexibility index (Phi) is 9.95. The molecule has 2 amide bonds. The SMILES string of the molecule is CCCCCCOc1ccc(NC(=O)CCN(CC(=O)Nc2cc(C)ccc2C)C2CC2)cc1. The predicted octanol–water partition coefficient (Wildman–Crippen LogP) is 5.69. The highest BCUT2D eigenvalue weighted by Gasteiger charge is 2.30. The van der Waals surface area contributed by atoms with Gasteiger partial charge in [0, 0.05) is 30.4 Å². The summed E-state index contributed by atoms with van der Waals surface area (Å²) in [4.78, 5) is 27.3. The Hall–Kier alpha value is -2.86. The van der Waals surface area contributed by atoms with Crippen LogP contribution in [0.5, 0.6) is 5.75 Å². The Morgan fingerprint density at radius 1 is 0.971 bits per heavy atom. The van der Waals surface area contributed by atoms with E-state index in [0.717, 1.165) is 54.1 Å². The zero-order chi connectivity index (χ0) is 24.3. The molecule has 0 unspecified atom stereocenters. The standard InChI is InChI=1S/C28H39N3O3/c1-4-5-6-7-18-34-25-14-10-23(11-15-25)29-27(32)16-17-31(24-12-13-24)20-28(33)30-26-19-21(2)8-9-22(26)3/h8-11,14-15,19,24H,4-7,12-13,16-18,20H2,1-3H3,(H,29,32)(H,30,33). The molecule has 2 N–H and O–H groups in total. The van der Waals surface area contributed by atoms with E-state index in [4.69, 9.17) is 4.74 Å². The van der Waals surface area contributed by atoms with Gasteiger partial charge in [-0.2, -0.15) is 0 Å². The number of amides is 2. The number of unbranched alkanes of at least 4 members (excludes halogenated alkanes) is 3. The molecule has 0 spiro atoms. The van der Waals surface area contributed by atoms with E-state index in [9.17, 15) is 9.59 Å². The number of nitrogens with one attached hydrogen (secondary N) is 2. The zero-order valence-electron chi connectivity index (χ0n) is 20.9. The Balaban J connectivity index is 1.41. The lowest BCUT2D eigenvalue weighted by molar-refractivity contribution is -0.119. The fourth-order valence-corrected chi connectivity index (χ4v) is 3.90. The maximum atomic E-state index is 12.6. The number of hydrogen-bond acceptors (Lipinski definition) is 4. The smallest absolute Gasteiger partial charge is 0.238 e. The maximum absolute atomic E-state index is 12.6. The van der Waals surface area contributed by atoms with E-state index in [2.05, 4.69) is 22.5 Å². The molecule has 6 nitrogen and oxygen atoms in total. The molecule has 0 bridgehead atoms. The summed E-state index contributed by atoms with van der Waals surface area (Å²) in [5.74, 6) is 0.740. The van der Waals surface area contributed by atoms with Gasteiger partial charge in [-0.25, -0.2) is 0 Å². The topological polar surface area (TPSA) is 70.7 Å². The summed E-state index contributed by atoms with van der Waals surface area (Å²) in [6.07, 6.45) is 7.22. The van der Waals surface area contributed by atoms with Gasteiger partial charge in [0.05, 0.1) is 13.2 Å². The van der Waals surface area contributed by atoms with Crippen LogP contribution in [-0.2, 0) is 9.59 Å². The second-order valence-electron chi connectivity index (χ2n) is 9.30. The summed E-state index contributed by atoms with van der Waals surface area (Å²) in [6.45, 7) is 7.79. The van der Waals surface area contributed by atoms with Crippen molar-refractivity contribution in [2.24, 2.45) is 0 Å². The lowest BCUT2D eigenvalue weighted by Gasteiger charge is -2.21.